The van der Waals surface area contributed by atoms with Crippen LogP contribution in [0, 0.1) is 0 Å². The summed E-state index contributed by atoms with van der Waals surface area (Å²) in [5, 5.41) is 57.0. The predicted octanol–water partition coefficient (Wildman–Crippen LogP) is -3.44. The van der Waals surface area contributed by atoms with Gasteiger partial charge in [0.15, 0.2) is 12.5 Å². The molecular formula is C12H20F2O9. The van der Waals surface area contributed by atoms with E-state index in [1.165, 1.54) is 0 Å². The molecule has 0 aromatic rings. The molecule has 0 aromatic heterocycles. The van der Waals surface area contributed by atoms with Crippen molar-refractivity contribution in [3.8, 4) is 0 Å². The van der Waals surface area contributed by atoms with Crippen LogP contribution in [-0.4, -0.2) is 105 Å². The van der Waals surface area contributed by atoms with Crippen molar-refractivity contribution >= 4 is 0 Å². The Bertz CT molecular complexity index is 386. The lowest BCUT2D eigenvalue weighted by molar-refractivity contribution is -0.345. The average Bonchev–Trinajstić information content (AvgIpc) is 2.55. The van der Waals surface area contributed by atoms with Crippen molar-refractivity contribution in [2.75, 3.05) is 13.2 Å². The van der Waals surface area contributed by atoms with Crippen LogP contribution >= 0.6 is 0 Å². The molecule has 0 spiro atoms. The molecule has 2 saturated heterocycles. The van der Waals surface area contributed by atoms with Gasteiger partial charge in [0.05, 0.1) is 13.2 Å². The molecule has 0 saturated carbocycles. The molecule has 136 valence electrons. The topological polar surface area (TPSA) is 149 Å². The normalized spacial score (nSPS) is 51.7. The fourth-order valence-electron chi connectivity index (χ4n) is 2.53. The molecule has 10 atom stereocenters. The Morgan fingerprint density at radius 1 is 0.783 bits per heavy atom. The first-order chi connectivity index (χ1) is 10.8. The third kappa shape index (κ3) is 3.62. The second kappa shape index (κ2) is 7.59. The van der Waals surface area contributed by atoms with Crippen LogP contribution in [0.25, 0.3) is 0 Å². The third-order valence-corrected chi connectivity index (χ3v) is 3.90. The molecule has 11 heteroatoms. The second-order valence-corrected chi connectivity index (χ2v) is 5.44. The monoisotopic (exact) mass is 346 g/mol. The van der Waals surface area contributed by atoms with E-state index in [1.54, 1.807) is 0 Å². The van der Waals surface area contributed by atoms with E-state index < -0.39 is 74.8 Å². The quantitative estimate of drug-likeness (QED) is 0.306. The van der Waals surface area contributed by atoms with Gasteiger partial charge in [0.1, 0.15) is 42.7 Å². The number of aliphatic hydroxyl groups is 6. The van der Waals surface area contributed by atoms with E-state index >= 15 is 0 Å². The summed E-state index contributed by atoms with van der Waals surface area (Å²) in [7, 11) is 0. The molecule has 2 aliphatic rings. The van der Waals surface area contributed by atoms with Crippen LogP contribution in [0.4, 0.5) is 8.78 Å². The van der Waals surface area contributed by atoms with Crippen molar-refractivity contribution in [1.82, 2.24) is 0 Å². The van der Waals surface area contributed by atoms with E-state index in [9.17, 15) is 29.2 Å². The smallest absolute Gasteiger partial charge is 0.233 e. The number of hydrogen-bond acceptors (Lipinski definition) is 9. The number of alkyl halides is 2. The minimum absolute atomic E-state index is 0.712. The highest BCUT2D eigenvalue weighted by Gasteiger charge is 2.51. The standard InChI is InChI=1S/C12H20F2O9/c13-5-7(18)10(4(2-16)21-11(5)14)23-12-9(20)8(19)6(17)3(1-15)22-12/h3-12,15-20H,1-2H2/t3-,4-,5-,6+,7-,8+,9-,10-,11+,12+/m1/s1. The summed E-state index contributed by atoms with van der Waals surface area (Å²) in [6.07, 6.45) is -18.1. The lowest BCUT2D eigenvalue weighted by Crippen LogP contribution is -2.63. The average molecular weight is 346 g/mol. The van der Waals surface area contributed by atoms with Gasteiger partial charge >= 0.3 is 0 Å². The Balaban J connectivity index is 2.11. The number of aliphatic hydroxyl groups excluding tert-OH is 6. The lowest BCUT2D eigenvalue weighted by Gasteiger charge is -2.44. The predicted molar refractivity (Wildman–Crippen MR) is 66.4 cm³/mol. The van der Waals surface area contributed by atoms with Gasteiger partial charge in [0, 0.05) is 0 Å². The highest BCUT2D eigenvalue weighted by Crippen LogP contribution is 2.30. The van der Waals surface area contributed by atoms with Crippen molar-refractivity contribution in [2.24, 2.45) is 0 Å². The van der Waals surface area contributed by atoms with Crippen molar-refractivity contribution in [1.29, 1.82) is 0 Å². The SMILES string of the molecule is OC[C@H]1O[C@@H](O[C@H]2[C@H](O)[C@@H](F)[C@@H](F)O[C@@H]2CO)[C@H](O)[C@@H](O)[C@H]1O. The summed E-state index contributed by atoms with van der Waals surface area (Å²) >= 11 is 0. The first kappa shape index (κ1) is 18.8. The summed E-state index contributed by atoms with van der Waals surface area (Å²) in [6, 6.07) is 0. The third-order valence-electron chi connectivity index (χ3n) is 3.90. The van der Waals surface area contributed by atoms with Gasteiger partial charge in [-0.1, -0.05) is 0 Å². The number of halogens is 2. The molecule has 23 heavy (non-hydrogen) atoms. The molecule has 0 unspecified atom stereocenters. The molecule has 0 bridgehead atoms. The molecule has 6 N–H and O–H groups in total. The van der Waals surface area contributed by atoms with Gasteiger partial charge in [-0.3, -0.25) is 0 Å². The minimum Gasteiger partial charge on any atom is -0.394 e. The molecule has 0 aliphatic carbocycles. The Morgan fingerprint density at radius 3 is 1.96 bits per heavy atom. The molecular weight excluding hydrogens is 326 g/mol. The largest absolute Gasteiger partial charge is 0.394 e. The Morgan fingerprint density at radius 2 is 1.39 bits per heavy atom. The maximum Gasteiger partial charge on any atom is 0.233 e. The molecule has 0 radical (unpaired) electrons. The Labute approximate surface area is 129 Å². The van der Waals surface area contributed by atoms with E-state index in [2.05, 4.69) is 4.74 Å². The maximum atomic E-state index is 13.5. The number of rotatable bonds is 4. The molecule has 2 aliphatic heterocycles. The molecule has 2 heterocycles. The Hall–Kier alpha value is -0.500. The lowest BCUT2D eigenvalue weighted by atomic mass is 9.97. The second-order valence-electron chi connectivity index (χ2n) is 5.44. The summed E-state index contributed by atoms with van der Waals surface area (Å²) in [4.78, 5) is 0. The van der Waals surface area contributed by atoms with Crippen LogP contribution < -0.4 is 0 Å². The molecule has 0 aromatic carbocycles. The van der Waals surface area contributed by atoms with Gasteiger partial charge in [-0.05, 0) is 0 Å². The summed E-state index contributed by atoms with van der Waals surface area (Å²) in [5.41, 5.74) is 0. The van der Waals surface area contributed by atoms with Crippen LogP contribution in [0.3, 0.4) is 0 Å². The fourth-order valence-corrected chi connectivity index (χ4v) is 2.53. The van der Waals surface area contributed by atoms with Crippen LogP contribution in [0.2, 0.25) is 0 Å². The Kier molecular flexibility index (Phi) is 6.22. The first-order valence-corrected chi connectivity index (χ1v) is 7.00. The highest BCUT2D eigenvalue weighted by atomic mass is 19.2. The summed E-state index contributed by atoms with van der Waals surface area (Å²) < 4.78 is 41.4. The zero-order valence-corrected chi connectivity index (χ0v) is 11.9. The van der Waals surface area contributed by atoms with E-state index in [0.29, 0.717) is 0 Å². The van der Waals surface area contributed by atoms with Gasteiger partial charge in [-0.15, -0.1) is 0 Å². The van der Waals surface area contributed by atoms with Crippen molar-refractivity contribution in [2.45, 2.75) is 61.5 Å². The summed E-state index contributed by atoms with van der Waals surface area (Å²) in [6.45, 7) is -1.53. The maximum absolute atomic E-state index is 13.5. The van der Waals surface area contributed by atoms with Crippen LogP contribution in [0.1, 0.15) is 0 Å². The summed E-state index contributed by atoms with van der Waals surface area (Å²) in [5.74, 6) is 0. The van der Waals surface area contributed by atoms with Gasteiger partial charge in [-0.25, -0.2) is 8.78 Å². The first-order valence-electron chi connectivity index (χ1n) is 7.00. The molecule has 9 nitrogen and oxygen atoms in total. The van der Waals surface area contributed by atoms with Crippen molar-refractivity contribution in [3.05, 3.63) is 0 Å². The van der Waals surface area contributed by atoms with E-state index in [0.717, 1.165) is 0 Å². The van der Waals surface area contributed by atoms with Crippen LogP contribution in [-0.2, 0) is 14.2 Å². The van der Waals surface area contributed by atoms with Crippen molar-refractivity contribution in [3.63, 3.8) is 0 Å². The zero-order valence-electron chi connectivity index (χ0n) is 11.9. The number of hydrogen-bond donors (Lipinski definition) is 6. The molecule has 2 rings (SSSR count). The number of ether oxygens (including phenoxy) is 3. The van der Waals surface area contributed by atoms with Gasteiger partial charge < -0.3 is 44.8 Å². The molecule has 0 amide bonds. The zero-order chi connectivity index (χ0) is 17.3. The van der Waals surface area contributed by atoms with Gasteiger partial charge in [-0.2, -0.15) is 0 Å². The fraction of sp³-hybridized carbons (Fsp3) is 1.00. The van der Waals surface area contributed by atoms with E-state index in [1.807, 2.05) is 0 Å². The highest BCUT2D eigenvalue weighted by molar-refractivity contribution is 4.93. The van der Waals surface area contributed by atoms with E-state index in [-0.39, 0.29) is 0 Å². The van der Waals surface area contributed by atoms with Gasteiger partial charge in [0.25, 0.3) is 0 Å². The minimum atomic E-state index is -2.46. The van der Waals surface area contributed by atoms with Gasteiger partial charge in [0.2, 0.25) is 6.36 Å². The van der Waals surface area contributed by atoms with Crippen LogP contribution in [0.15, 0.2) is 0 Å². The van der Waals surface area contributed by atoms with Crippen LogP contribution in [0.5, 0.6) is 0 Å². The van der Waals surface area contributed by atoms with E-state index in [4.69, 9.17) is 19.7 Å². The van der Waals surface area contributed by atoms with Crippen molar-refractivity contribution < 1.29 is 53.6 Å². The molecule has 2 fully saturated rings.